The van der Waals surface area contributed by atoms with Gasteiger partial charge in [0.05, 0.1) is 12.5 Å². The van der Waals surface area contributed by atoms with Crippen LogP contribution < -0.4 is 21.7 Å². The number of fused-ring (bicyclic) bond motifs is 1. The van der Waals surface area contributed by atoms with Crippen LogP contribution in [0, 0.1) is 5.92 Å². The second-order valence-corrected chi connectivity index (χ2v) is 10.3. The molecular formula is C30H37N5O7. The van der Waals surface area contributed by atoms with Crippen LogP contribution in [0.3, 0.4) is 0 Å². The molecule has 0 aliphatic heterocycles. The molecule has 5 atom stereocenters. The number of carboxylic acids is 2. The smallest absolute Gasteiger partial charge is 0.326 e. The number of aromatic amines is 1. The van der Waals surface area contributed by atoms with E-state index in [0.29, 0.717) is 12.0 Å². The Morgan fingerprint density at radius 2 is 1.48 bits per heavy atom. The van der Waals surface area contributed by atoms with Gasteiger partial charge in [-0.1, -0.05) is 68.8 Å². The molecule has 1 heterocycles. The molecule has 3 rings (SSSR count). The van der Waals surface area contributed by atoms with E-state index in [-0.39, 0.29) is 18.8 Å². The minimum absolute atomic E-state index is 0.000919. The number of benzene rings is 2. The van der Waals surface area contributed by atoms with Crippen LogP contribution in [0.4, 0.5) is 0 Å². The quantitative estimate of drug-likeness (QED) is 0.140. The lowest BCUT2D eigenvalue weighted by molar-refractivity contribution is -0.147. The van der Waals surface area contributed by atoms with Gasteiger partial charge in [0.2, 0.25) is 17.7 Å². The van der Waals surface area contributed by atoms with Crippen molar-refractivity contribution in [1.82, 2.24) is 20.9 Å². The van der Waals surface area contributed by atoms with Crippen LogP contribution in [0.15, 0.2) is 60.8 Å². The first-order valence-corrected chi connectivity index (χ1v) is 13.7. The molecule has 0 aliphatic carbocycles. The van der Waals surface area contributed by atoms with E-state index in [1.165, 1.54) is 0 Å². The molecule has 0 bridgehead atoms. The highest BCUT2D eigenvalue weighted by molar-refractivity contribution is 5.95. The van der Waals surface area contributed by atoms with E-state index in [0.717, 1.165) is 16.5 Å². The van der Waals surface area contributed by atoms with Gasteiger partial charge in [-0.05, 0) is 29.5 Å². The van der Waals surface area contributed by atoms with Crippen LogP contribution in [-0.4, -0.2) is 69.0 Å². The second-order valence-electron chi connectivity index (χ2n) is 10.3. The van der Waals surface area contributed by atoms with Gasteiger partial charge >= 0.3 is 11.9 Å². The Hall–Kier alpha value is -4.71. The van der Waals surface area contributed by atoms with E-state index in [4.69, 9.17) is 10.8 Å². The van der Waals surface area contributed by atoms with Crippen LogP contribution in [0.25, 0.3) is 10.9 Å². The Labute approximate surface area is 243 Å². The number of nitrogens with one attached hydrogen (secondary N) is 4. The largest absolute Gasteiger partial charge is 0.481 e. The van der Waals surface area contributed by atoms with Crippen molar-refractivity contribution in [1.29, 1.82) is 0 Å². The third-order valence-corrected chi connectivity index (χ3v) is 7.15. The van der Waals surface area contributed by atoms with E-state index in [9.17, 15) is 29.1 Å². The van der Waals surface area contributed by atoms with Gasteiger partial charge in [-0.15, -0.1) is 0 Å². The number of aromatic nitrogens is 1. The number of para-hydroxylation sites is 1. The molecule has 0 saturated carbocycles. The molecule has 12 nitrogen and oxygen atoms in total. The van der Waals surface area contributed by atoms with Crippen LogP contribution in [-0.2, 0) is 36.8 Å². The van der Waals surface area contributed by atoms with Crippen LogP contribution in [0.5, 0.6) is 0 Å². The second kappa shape index (κ2) is 14.8. The van der Waals surface area contributed by atoms with Crippen LogP contribution in [0.2, 0.25) is 0 Å². The normalized spacial score (nSPS) is 14.6. The summed E-state index contributed by atoms with van der Waals surface area (Å²) >= 11 is 0. The van der Waals surface area contributed by atoms with Crippen LogP contribution in [0.1, 0.15) is 37.8 Å². The number of carboxylic acid groups (broad SMARTS) is 2. The molecule has 3 aromatic rings. The average Bonchev–Trinajstić information content (AvgIpc) is 3.37. The number of hydrogen-bond donors (Lipinski definition) is 7. The van der Waals surface area contributed by atoms with E-state index < -0.39 is 60.2 Å². The molecular weight excluding hydrogens is 542 g/mol. The highest BCUT2D eigenvalue weighted by atomic mass is 16.4. The molecule has 0 saturated heterocycles. The number of carbonyl (C=O) groups excluding carboxylic acids is 3. The number of amides is 3. The maximum atomic E-state index is 13.5. The maximum absolute atomic E-state index is 13.5. The lowest BCUT2D eigenvalue weighted by Crippen LogP contribution is -2.59. The molecule has 42 heavy (non-hydrogen) atoms. The van der Waals surface area contributed by atoms with Crippen molar-refractivity contribution in [2.75, 3.05) is 0 Å². The first-order chi connectivity index (χ1) is 20.0. The number of H-pyrrole nitrogens is 1. The summed E-state index contributed by atoms with van der Waals surface area (Å²) in [5.74, 6) is -5.34. The molecule has 3 amide bonds. The summed E-state index contributed by atoms with van der Waals surface area (Å²) in [6.07, 6.45) is 1.69. The Balaban J connectivity index is 1.77. The number of nitrogens with two attached hydrogens (primary N) is 1. The molecule has 8 N–H and O–H groups in total. The van der Waals surface area contributed by atoms with Gasteiger partial charge in [-0.3, -0.25) is 19.2 Å². The minimum atomic E-state index is -1.70. The van der Waals surface area contributed by atoms with E-state index >= 15 is 0 Å². The summed E-state index contributed by atoms with van der Waals surface area (Å²) in [4.78, 5) is 65.7. The fourth-order valence-electron chi connectivity index (χ4n) is 4.56. The monoisotopic (exact) mass is 579 g/mol. The van der Waals surface area contributed by atoms with Crippen molar-refractivity contribution in [3.63, 3.8) is 0 Å². The third-order valence-electron chi connectivity index (χ3n) is 7.15. The van der Waals surface area contributed by atoms with Gasteiger partial charge in [-0.25, -0.2) is 4.79 Å². The molecule has 5 unspecified atom stereocenters. The average molecular weight is 580 g/mol. The number of carbonyl (C=O) groups is 5. The van der Waals surface area contributed by atoms with Crippen molar-refractivity contribution in [3.8, 4) is 0 Å². The van der Waals surface area contributed by atoms with Crippen molar-refractivity contribution >= 4 is 40.6 Å². The fourth-order valence-corrected chi connectivity index (χ4v) is 4.56. The first-order valence-electron chi connectivity index (χ1n) is 13.7. The van der Waals surface area contributed by atoms with Gasteiger partial charge in [0.15, 0.2) is 0 Å². The third kappa shape index (κ3) is 8.64. The molecule has 0 aliphatic rings. The van der Waals surface area contributed by atoms with Crippen molar-refractivity contribution in [2.24, 2.45) is 11.7 Å². The number of aliphatic carboxylic acids is 2. The minimum Gasteiger partial charge on any atom is -0.481 e. The van der Waals surface area contributed by atoms with Gasteiger partial charge in [-0.2, -0.15) is 0 Å². The highest BCUT2D eigenvalue weighted by Gasteiger charge is 2.33. The van der Waals surface area contributed by atoms with Crippen molar-refractivity contribution < 1.29 is 34.2 Å². The summed E-state index contributed by atoms with van der Waals surface area (Å²) in [5.41, 5.74) is 8.68. The van der Waals surface area contributed by atoms with E-state index in [1.54, 1.807) is 43.5 Å². The lowest BCUT2D eigenvalue weighted by atomic mass is 9.96. The first kappa shape index (κ1) is 31.8. The topological polar surface area (TPSA) is 204 Å². The molecule has 224 valence electrons. The van der Waals surface area contributed by atoms with Crippen LogP contribution >= 0.6 is 0 Å². The lowest BCUT2D eigenvalue weighted by Gasteiger charge is -2.28. The highest BCUT2D eigenvalue weighted by Crippen LogP contribution is 2.19. The summed E-state index contributed by atoms with van der Waals surface area (Å²) in [6, 6.07) is 11.4. The maximum Gasteiger partial charge on any atom is 0.326 e. The predicted molar refractivity (Wildman–Crippen MR) is 155 cm³/mol. The molecule has 1 aromatic heterocycles. The summed E-state index contributed by atoms with van der Waals surface area (Å²) < 4.78 is 0. The van der Waals surface area contributed by atoms with Gasteiger partial charge in [0.25, 0.3) is 0 Å². The number of rotatable bonds is 15. The van der Waals surface area contributed by atoms with Gasteiger partial charge in [0, 0.05) is 23.5 Å². The zero-order valence-corrected chi connectivity index (χ0v) is 23.5. The Morgan fingerprint density at radius 1 is 0.833 bits per heavy atom. The predicted octanol–water partition coefficient (Wildman–Crippen LogP) is 1.34. The summed E-state index contributed by atoms with van der Waals surface area (Å²) in [5, 5.41) is 27.0. The molecule has 0 fully saturated rings. The fraction of sp³-hybridized carbons (Fsp3) is 0.367. The number of hydrogen-bond acceptors (Lipinski definition) is 6. The molecule has 12 heteroatoms. The molecule has 0 radical (unpaired) electrons. The van der Waals surface area contributed by atoms with Crippen molar-refractivity contribution in [3.05, 3.63) is 71.9 Å². The SMILES string of the molecule is CCC(C)C(NC(=O)C(N)Cc1c[nH]c2ccccc12)C(=O)NC(Cc1ccccc1)C(=O)NC(CC(=O)O)C(=O)O. The molecule has 2 aromatic carbocycles. The van der Waals surface area contributed by atoms with Gasteiger partial charge < -0.3 is 36.9 Å². The Bertz CT molecular complexity index is 1410. The van der Waals surface area contributed by atoms with E-state index in [2.05, 4.69) is 20.9 Å². The molecule has 0 spiro atoms. The Morgan fingerprint density at radius 3 is 2.12 bits per heavy atom. The zero-order valence-electron chi connectivity index (χ0n) is 23.5. The summed E-state index contributed by atoms with van der Waals surface area (Å²) in [6.45, 7) is 3.62. The Kier molecular flexibility index (Phi) is 11.2. The zero-order chi connectivity index (χ0) is 30.8. The van der Waals surface area contributed by atoms with Gasteiger partial charge in [0.1, 0.15) is 18.1 Å². The van der Waals surface area contributed by atoms with Crippen molar-refractivity contribution in [2.45, 2.75) is 63.7 Å². The standard InChI is InChI=1S/C30H37N5O7/c1-3-17(2)26(35-27(38)21(31)14-19-16-32-22-12-8-7-11-20(19)22)29(40)33-23(13-18-9-5-4-6-10-18)28(39)34-24(30(41)42)15-25(36)37/h4-12,16-17,21,23-24,26,32H,3,13-15,31H2,1-2H3,(H,33,40)(H,34,39)(H,35,38)(H,36,37)(H,41,42). The van der Waals surface area contributed by atoms with E-state index in [1.807, 2.05) is 31.2 Å². The summed E-state index contributed by atoms with van der Waals surface area (Å²) in [7, 11) is 0.